The van der Waals surface area contributed by atoms with Crippen molar-refractivity contribution in [1.82, 2.24) is 20.3 Å². The Kier molecular flexibility index (Phi) is 5.52. The molecule has 0 atom stereocenters. The maximum atomic E-state index is 12.0. The van der Waals surface area contributed by atoms with Crippen molar-refractivity contribution < 1.29 is 9.53 Å². The molecule has 0 aliphatic rings. The Hall–Kier alpha value is -2.37. The van der Waals surface area contributed by atoms with Gasteiger partial charge in [-0.1, -0.05) is 19.1 Å². The van der Waals surface area contributed by atoms with Gasteiger partial charge in [0.2, 0.25) is 0 Å². The average Bonchev–Trinajstić information content (AvgIpc) is 2.93. The third kappa shape index (κ3) is 3.63. The molecule has 6 nitrogen and oxygen atoms in total. The zero-order chi connectivity index (χ0) is 15.9. The Morgan fingerprint density at radius 2 is 1.95 bits per heavy atom. The first-order valence-electron chi connectivity index (χ1n) is 7.61. The molecule has 0 fully saturated rings. The smallest absolute Gasteiger partial charge is 0.273 e. The highest BCUT2D eigenvalue weighted by Crippen LogP contribution is 2.17. The topological polar surface area (TPSA) is 69.0 Å². The first kappa shape index (κ1) is 16.0. The molecular weight excluding hydrogens is 280 g/mol. The molecule has 0 radical (unpaired) electrons. The van der Waals surface area contributed by atoms with E-state index in [1.807, 2.05) is 38.1 Å². The monoisotopic (exact) mass is 302 g/mol. The van der Waals surface area contributed by atoms with Gasteiger partial charge in [0, 0.05) is 6.54 Å². The second-order valence-corrected chi connectivity index (χ2v) is 5.03. The van der Waals surface area contributed by atoms with Crippen molar-refractivity contribution in [1.29, 1.82) is 0 Å². The van der Waals surface area contributed by atoms with E-state index in [1.165, 1.54) is 0 Å². The SMILES string of the molecule is CCCNC(=O)c1nnn(-c2ccc(OCCC)cc2)c1C. The lowest BCUT2D eigenvalue weighted by molar-refractivity contribution is 0.0948. The number of benzene rings is 1. The molecule has 2 aromatic rings. The van der Waals surface area contributed by atoms with Gasteiger partial charge < -0.3 is 10.1 Å². The lowest BCUT2D eigenvalue weighted by atomic mass is 10.2. The normalized spacial score (nSPS) is 10.5. The van der Waals surface area contributed by atoms with Crippen molar-refractivity contribution in [3.8, 4) is 11.4 Å². The van der Waals surface area contributed by atoms with Gasteiger partial charge in [0.05, 0.1) is 18.0 Å². The van der Waals surface area contributed by atoms with Crippen molar-refractivity contribution in [2.24, 2.45) is 0 Å². The number of hydrogen-bond acceptors (Lipinski definition) is 4. The Morgan fingerprint density at radius 3 is 2.59 bits per heavy atom. The van der Waals surface area contributed by atoms with Crippen LogP contribution in [-0.4, -0.2) is 34.1 Å². The van der Waals surface area contributed by atoms with E-state index in [1.54, 1.807) is 4.68 Å². The standard InChI is InChI=1S/C16H22N4O2/c1-4-10-17-16(21)15-12(3)20(19-18-15)13-6-8-14(9-7-13)22-11-5-2/h6-9H,4-5,10-11H2,1-3H3,(H,17,21). The molecule has 118 valence electrons. The van der Waals surface area contributed by atoms with Crippen LogP contribution in [0, 0.1) is 6.92 Å². The number of aromatic nitrogens is 3. The van der Waals surface area contributed by atoms with Crippen LogP contribution in [-0.2, 0) is 0 Å². The fourth-order valence-electron chi connectivity index (χ4n) is 2.01. The zero-order valence-corrected chi connectivity index (χ0v) is 13.3. The number of carbonyl (C=O) groups is 1. The summed E-state index contributed by atoms with van der Waals surface area (Å²) in [4.78, 5) is 12.0. The van der Waals surface area contributed by atoms with Gasteiger partial charge in [0.15, 0.2) is 5.69 Å². The largest absolute Gasteiger partial charge is 0.494 e. The van der Waals surface area contributed by atoms with Gasteiger partial charge in [0.25, 0.3) is 5.91 Å². The highest BCUT2D eigenvalue weighted by Gasteiger charge is 2.16. The number of hydrogen-bond donors (Lipinski definition) is 1. The molecule has 1 heterocycles. The van der Waals surface area contributed by atoms with Crippen LogP contribution in [0.1, 0.15) is 42.9 Å². The molecule has 0 bridgehead atoms. The summed E-state index contributed by atoms with van der Waals surface area (Å²) in [6.07, 6.45) is 1.86. The van der Waals surface area contributed by atoms with Crippen molar-refractivity contribution in [3.63, 3.8) is 0 Å². The van der Waals surface area contributed by atoms with Crippen LogP contribution in [0.5, 0.6) is 5.75 Å². The lowest BCUT2D eigenvalue weighted by Crippen LogP contribution is -2.25. The van der Waals surface area contributed by atoms with Gasteiger partial charge in [-0.15, -0.1) is 5.10 Å². The van der Waals surface area contributed by atoms with Crippen LogP contribution >= 0.6 is 0 Å². The first-order chi connectivity index (χ1) is 10.7. The molecule has 0 spiro atoms. The van der Waals surface area contributed by atoms with Crippen LogP contribution in [0.2, 0.25) is 0 Å². The maximum Gasteiger partial charge on any atom is 0.273 e. The number of nitrogens with one attached hydrogen (secondary N) is 1. The van der Waals surface area contributed by atoms with E-state index in [4.69, 9.17) is 4.74 Å². The minimum Gasteiger partial charge on any atom is -0.494 e. The van der Waals surface area contributed by atoms with E-state index in [0.717, 1.165) is 30.0 Å². The van der Waals surface area contributed by atoms with Gasteiger partial charge in [-0.2, -0.15) is 0 Å². The fourth-order valence-corrected chi connectivity index (χ4v) is 2.01. The van der Waals surface area contributed by atoms with Crippen LogP contribution in [0.4, 0.5) is 0 Å². The second-order valence-electron chi connectivity index (χ2n) is 5.03. The third-order valence-electron chi connectivity index (χ3n) is 3.20. The molecule has 1 amide bonds. The summed E-state index contributed by atoms with van der Waals surface area (Å²) >= 11 is 0. The summed E-state index contributed by atoms with van der Waals surface area (Å²) in [6.45, 7) is 7.24. The Labute approximate surface area is 130 Å². The molecule has 22 heavy (non-hydrogen) atoms. The Morgan fingerprint density at radius 1 is 1.23 bits per heavy atom. The predicted octanol–water partition coefficient (Wildman–Crippen LogP) is 2.50. The number of nitrogens with zero attached hydrogens (tertiary/aromatic N) is 3. The van der Waals surface area contributed by atoms with E-state index in [-0.39, 0.29) is 5.91 Å². The van der Waals surface area contributed by atoms with Crippen molar-refractivity contribution in [2.45, 2.75) is 33.6 Å². The summed E-state index contributed by atoms with van der Waals surface area (Å²) in [5.74, 6) is 0.637. The summed E-state index contributed by atoms with van der Waals surface area (Å²) in [5.41, 5.74) is 1.93. The van der Waals surface area contributed by atoms with Crippen molar-refractivity contribution in [3.05, 3.63) is 35.7 Å². The highest BCUT2D eigenvalue weighted by atomic mass is 16.5. The van der Waals surface area contributed by atoms with Crippen LogP contribution < -0.4 is 10.1 Å². The zero-order valence-electron chi connectivity index (χ0n) is 13.3. The Balaban J connectivity index is 2.16. The third-order valence-corrected chi connectivity index (χ3v) is 3.20. The molecular formula is C16H22N4O2. The number of rotatable bonds is 7. The molecule has 0 saturated carbocycles. The van der Waals surface area contributed by atoms with Crippen LogP contribution in [0.25, 0.3) is 5.69 Å². The van der Waals surface area contributed by atoms with Crippen LogP contribution in [0.3, 0.4) is 0 Å². The minimum atomic E-state index is -0.187. The average molecular weight is 302 g/mol. The lowest BCUT2D eigenvalue weighted by Gasteiger charge is -2.07. The fraction of sp³-hybridized carbons (Fsp3) is 0.438. The molecule has 1 aromatic carbocycles. The second kappa shape index (κ2) is 7.59. The molecule has 0 unspecified atom stereocenters. The van der Waals surface area contributed by atoms with E-state index in [9.17, 15) is 4.79 Å². The van der Waals surface area contributed by atoms with E-state index in [0.29, 0.717) is 18.8 Å². The first-order valence-corrected chi connectivity index (χ1v) is 7.61. The van der Waals surface area contributed by atoms with Crippen LogP contribution in [0.15, 0.2) is 24.3 Å². The van der Waals surface area contributed by atoms with Crippen molar-refractivity contribution in [2.75, 3.05) is 13.2 Å². The number of carbonyl (C=O) groups excluding carboxylic acids is 1. The summed E-state index contributed by atoms with van der Waals surface area (Å²) in [7, 11) is 0. The predicted molar refractivity (Wildman–Crippen MR) is 84.5 cm³/mol. The number of amides is 1. The van der Waals surface area contributed by atoms with Gasteiger partial charge in [0.1, 0.15) is 5.75 Å². The van der Waals surface area contributed by atoms with E-state index < -0.39 is 0 Å². The van der Waals surface area contributed by atoms with Gasteiger partial charge in [-0.05, 0) is 44.0 Å². The molecule has 0 aliphatic heterocycles. The van der Waals surface area contributed by atoms with Gasteiger partial charge >= 0.3 is 0 Å². The molecule has 1 N–H and O–H groups in total. The van der Waals surface area contributed by atoms with E-state index in [2.05, 4.69) is 22.6 Å². The summed E-state index contributed by atoms with van der Waals surface area (Å²) in [5, 5.41) is 10.9. The van der Waals surface area contributed by atoms with Gasteiger partial charge in [-0.25, -0.2) is 4.68 Å². The maximum absolute atomic E-state index is 12.0. The minimum absolute atomic E-state index is 0.187. The Bertz CT molecular complexity index is 620. The van der Waals surface area contributed by atoms with E-state index >= 15 is 0 Å². The molecule has 6 heteroatoms. The number of ether oxygens (including phenoxy) is 1. The molecule has 0 saturated heterocycles. The van der Waals surface area contributed by atoms with Gasteiger partial charge in [-0.3, -0.25) is 4.79 Å². The molecule has 0 aliphatic carbocycles. The highest BCUT2D eigenvalue weighted by molar-refractivity contribution is 5.93. The molecule has 2 rings (SSSR count). The quantitative estimate of drug-likeness (QED) is 0.853. The molecule has 1 aromatic heterocycles. The summed E-state index contributed by atoms with van der Waals surface area (Å²) < 4.78 is 7.21. The van der Waals surface area contributed by atoms with Crippen molar-refractivity contribution >= 4 is 5.91 Å². The summed E-state index contributed by atoms with van der Waals surface area (Å²) in [6, 6.07) is 7.59.